The molecule has 0 amide bonds. The van der Waals surface area contributed by atoms with Gasteiger partial charge in [-0.15, -0.1) is 0 Å². The molecular formula is C13H10FNO4. The lowest BCUT2D eigenvalue weighted by molar-refractivity contribution is 0.0696. The zero-order valence-corrected chi connectivity index (χ0v) is 9.94. The van der Waals surface area contributed by atoms with Gasteiger partial charge in [0, 0.05) is 17.8 Å². The molecule has 0 bridgehead atoms. The second-order valence-corrected chi connectivity index (χ2v) is 3.78. The summed E-state index contributed by atoms with van der Waals surface area (Å²) < 4.78 is 18.7. The van der Waals surface area contributed by atoms with Crippen LogP contribution in [0.1, 0.15) is 10.4 Å². The minimum absolute atomic E-state index is 0.0187. The topological polar surface area (TPSA) is 79.4 Å². The summed E-state index contributed by atoms with van der Waals surface area (Å²) in [6.07, 6.45) is 1.07. The number of aromatic carboxylic acids is 1. The van der Waals surface area contributed by atoms with Crippen molar-refractivity contribution >= 4 is 5.97 Å². The van der Waals surface area contributed by atoms with Crippen LogP contribution in [0.15, 0.2) is 35.3 Å². The number of carbonyl (C=O) groups is 1. The summed E-state index contributed by atoms with van der Waals surface area (Å²) >= 11 is 0. The third kappa shape index (κ3) is 2.47. The van der Waals surface area contributed by atoms with E-state index in [9.17, 15) is 14.0 Å². The molecule has 0 radical (unpaired) electrons. The summed E-state index contributed by atoms with van der Waals surface area (Å²) in [4.78, 5) is 24.8. The van der Waals surface area contributed by atoms with Crippen LogP contribution >= 0.6 is 0 Å². The second-order valence-electron chi connectivity index (χ2n) is 3.78. The van der Waals surface area contributed by atoms with Crippen LogP contribution in [-0.4, -0.2) is 23.2 Å². The van der Waals surface area contributed by atoms with Gasteiger partial charge in [-0.3, -0.25) is 4.79 Å². The molecule has 2 rings (SSSR count). The standard InChI is InChI=1S/C13H10FNO4/c1-19-8-2-3-9(11(14)5-8)10-4-7(13(17)18)6-15-12(10)16/h2-6H,1H3,(H,15,16)(H,17,18). The van der Waals surface area contributed by atoms with Crippen molar-refractivity contribution in [2.24, 2.45) is 0 Å². The van der Waals surface area contributed by atoms with E-state index in [1.165, 1.54) is 19.2 Å². The number of carboxylic acid groups (broad SMARTS) is 1. The van der Waals surface area contributed by atoms with Crippen LogP contribution in [0.3, 0.4) is 0 Å². The van der Waals surface area contributed by atoms with Crippen LogP contribution in [-0.2, 0) is 0 Å². The van der Waals surface area contributed by atoms with E-state index in [0.29, 0.717) is 5.75 Å². The Hall–Kier alpha value is -2.63. The molecule has 0 aliphatic carbocycles. The summed E-state index contributed by atoms with van der Waals surface area (Å²) in [6.45, 7) is 0. The number of pyridine rings is 1. The largest absolute Gasteiger partial charge is 0.497 e. The lowest BCUT2D eigenvalue weighted by Crippen LogP contribution is -2.12. The number of H-pyrrole nitrogens is 1. The molecule has 0 aliphatic heterocycles. The van der Waals surface area contributed by atoms with Crippen molar-refractivity contribution in [3.63, 3.8) is 0 Å². The lowest BCUT2D eigenvalue weighted by atomic mass is 10.0. The van der Waals surface area contributed by atoms with Gasteiger partial charge in [-0.1, -0.05) is 0 Å². The fraction of sp³-hybridized carbons (Fsp3) is 0.0769. The molecule has 0 spiro atoms. The van der Waals surface area contributed by atoms with E-state index < -0.39 is 17.3 Å². The third-order valence-corrected chi connectivity index (χ3v) is 2.62. The molecule has 0 unspecified atom stereocenters. The van der Waals surface area contributed by atoms with Crippen molar-refractivity contribution in [3.8, 4) is 16.9 Å². The van der Waals surface area contributed by atoms with E-state index in [2.05, 4.69) is 4.98 Å². The molecule has 1 aromatic heterocycles. The fourth-order valence-electron chi connectivity index (χ4n) is 1.65. The minimum Gasteiger partial charge on any atom is -0.497 e. The molecule has 1 aromatic carbocycles. The highest BCUT2D eigenvalue weighted by atomic mass is 19.1. The van der Waals surface area contributed by atoms with E-state index in [4.69, 9.17) is 9.84 Å². The number of aromatic amines is 1. The monoisotopic (exact) mass is 263 g/mol. The van der Waals surface area contributed by atoms with Gasteiger partial charge in [0.1, 0.15) is 11.6 Å². The van der Waals surface area contributed by atoms with Crippen molar-refractivity contribution in [2.45, 2.75) is 0 Å². The molecule has 0 atom stereocenters. The number of hydrogen-bond donors (Lipinski definition) is 2. The molecule has 19 heavy (non-hydrogen) atoms. The Bertz CT molecular complexity index is 693. The summed E-state index contributed by atoms with van der Waals surface area (Å²) in [5.74, 6) is -1.55. The number of rotatable bonds is 3. The van der Waals surface area contributed by atoms with Crippen LogP contribution in [0.25, 0.3) is 11.1 Å². The predicted octanol–water partition coefficient (Wildman–Crippen LogP) is 1.89. The molecule has 1 heterocycles. The van der Waals surface area contributed by atoms with Crippen molar-refractivity contribution in [2.75, 3.05) is 7.11 Å². The zero-order valence-electron chi connectivity index (χ0n) is 9.94. The van der Waals surface area contributed by atoms with Crippen LogP contribution in [0.5, 0.6) is 5.75 Å². The van der Waals surface area contributed by atoms with E-state index in [1.54, 1.807) is 0 Å². The maximum atomic E-state index is 13.9. The maximum absolute atomic E-state index is 13.9. The van der Waals surface area contributed by atoms with Gasteiger partial charge >= 0.3 is 5.97 Å². The number of ether oxygens (including phenoxy) is 1. The first kappa shape index (κ1) is 12.8. The molecule has 2 N–H and O–H groups in total. The van der Waals surface area contributed by atoms with Crippen molar-refractivity contribution in [1.29, 1.82) is 0 Å². The average Bonchev–Trinajstić information content (AvgIpc) is 2.39. The number of aromatic nitrogens is 1. The number of benzene rings is 1. The Labute approximate surface area is 107 Å². The van der Waals surface area contributed by atoms with Crippen molar-refractivity contribution in [3.05, 3.63) is 52.2 Å². The Morgan fingerprint density at radius 2 is 2.05 bits per heavy atom. The zero-order chi connectivity index (χ0) is 14.0. The van der Waals surface area contributed by atoms with Crippen LogP contribution in [0.2, 0.25) is 0 Å². The van der Waals surface area contributed by atoms with Gasteiger partial charge in [-0.05, 0) is 18.2 Å². The number of hydrogen-bond acceptors (Lipinski definition) is 3. The molecule has 98 valence electrons. The Morgan fingerprint density at radius 1 is 1.32 bits per heavy atom. The van der Waals surface area contributed by atoms with Gasteiger partial charge in [-0.25, -0.2) is 9.18 Å². The quantitative estimate of drug-likeness (QED) is 0.886. The first-order valence-electron chi connectivity index (χ1n) is 5.33. The third-order valence-electron chi connectivity index (χ3n) is 2.62. The van der Waals surface area contributed by atoms with E-state index in [-0.39, 0.29) is 16.7 Å². The van der Waals surface area contributed by atoms with Crippen molar-refractivity contribution < 1.29 is 19.0 Å². The molecule has 6 heteroatoms. The van der Waals surface area contributed by atoms with E-state index in [0.717, 1.165) is 18.3 Å². The molecule has 0 aliphatic rings. The van der Waals surface area contributed by atoms with Gasteiger partial charge in [0.2, 0.25) is 0 Å². The van der Waals surface area contributed by atoms with Crippen molar-refractivity contribution in [1.82, 2.24) is 4.98 Å². The second kappa shape index (κ2) is 4.93. The number of halogens is 1. The molecule has 5 nitrogen and oxygen atoms in total. The molecule has 0 saturated carbocycles. The summed E-state index contributed by atoms with van der Waals surface area (Å²) in [5, 5.41) is 8.86. The van der Waals surface area contributed by atoms with Gasteiger partial charge in [0.05, 0.1) is 18.2 Å². The van der Waals surface area contributed by atoms with Gasteiger partial charge < -0.3 is 14.8 Å². The molecule has 2 aromatic rings. The predicted molar refractivity (Wildman–Crippen MR) is 66.0 cm³/mol. The highest BCUT2D eigenvalue weighted by Gasteiger charge is 2.13. The summed E-state index contributed by atoms with van der Waals surface area (Å²) in [6, 6.07) is 5.12. The van der Waals surface area contributed by atoms with Gasteiger partial charge in [0.25, 0.3) is 5.56 Å². The summed E-state index contributed by atoms with van der Waals surface area (Å²) in [5.41, 5.74) is -0.705. The Kier molecular flexibility index (Phi) is 3.33. The normalized spacial score (nSPS) is 10.2. The van der Waals surface area contributed by atoms with E-state index in [1.807, 2.05) is 0 Å². The molecule has 0 fully saturated rings. The number of methoxy groups -OCH3 is 1. The van der Waals surface area contributed by atoms with Gasteiger partial charge in [0.15, 0.2) is 0 Å². The fourth-order valence-corrected chi connectivity index (χ4v) is 1.65. The lowest BCUT2D eigenvalue weighted by Gasteiger charge is -2.06. The van der Waals surface area contributed by atoms with Crippen LogP contribution in [0.4, 0.5) is 4.39 Å². The highest BCUT2D eigenvalue weighted by molar-refractivity contribution is 5.88. The maximum Gasteiger partial charge on any atom is 0.337 e. The number of nitrogens with one attached hydrogen (secondary N) is 1. The minimum atomic E-state index is -1.20. The first-order chi connectivity index (χ1) is 9.02. The highest BCUT2D eigenvalue weighted by Crippen LogP contribution is 2.24. The number of carboxylic acids is 1. The first-order valence-corrected chi connectivity index (χ1v) is 5.33. The van der Waals surface area contributed by atoms with E-state index >= 15 is 0 Å². The SMILES string of the molecule is COc1ccc(-c2cc(C(=O)O)c[nH]c2=O)c(F)c1. The molecule has 0 saturated heterocycles. The Morgan fingerprint density at radius 3 is 2.63 bits per heavy atom. The van der Waals surface area contributed by atoms with Crippen LogP contribution in [0, 0.1) is 5.82 Å². The summed E-state index contributed by atoms with van der Waals surface area (Å²) in [7, 11) is 1.40. The average molecular weight is 263 g/mol. The Balaban J connectivity index is 2.61. The molecular weight excluding hydrogens is 253 g/mol. The van der Waals surface area contributed by atoms with Crippen LogP contribution < -0.4 is 10.3 Å². The smallest absolute Gasteiger partial charge is 0.337 e. The van der Waals surface area contributed by atoms with Gasteiger partial charge in [-0.2, -0.15) is 0 Å².